The number of hydrogen-bond acceptors (Lipinski definition) is 4. The summed E-state index contributed by atoms with van der Waals surface area (Å²) in [6.45, 7) is 1.44. The average molecular weight is 450 g/mol. The summed E-state index contributed by atoms with van der Waals surface area (Å²) in [5.74, 6) is -0.0678. The van der Waals surface area contributed by atoms with Crippen molar-refractivity contribution in [1.82, 2.24) is 15.1 Å². The van der Waals surface area contributed by atoms with Gasteiger partial charge in [0.2, 0.25) is 5.91 Å². The molecule has 0 aliphatic carbocycles. The minimum absolute atomic E-state index is 0.108. The Labute approximate surface area is 184 Å². The second kappa shape index (κ2) is 9.82. The molecule has 0 unspecified atom stereocenters. The van der Waals surface area contributed by atoms with Crippen LogP contribution in [0.15, 0.2) is 42.5 Å². The molecule has 0 spiro atoms. The number of amides is 3. The van der Waals surface area contributed by atoms with E-state index in [9.17, 15) is 14.4 Å². The number of piperazine rings is 1. The fraction of sp³-hybridized carbons (Fsp3) is 0.286. The predicted octanol–water partition coefficient (Wildman–Crippen LogP) is 2.72. The highest BCUT2D eigenvalue weighted by molar-refractivity contribution is 6.35. The Morgan fingerprint density at radius 2 is 1.47 bits per heavy atom. The molecule has 1 N–H and O–H groups in total. The van der Waals surface area contributed by atoms with Gasteiger partial charge in [-0.2, -0.15) is 0 Å². The fourth-order valence-electron chi connectivity index (χ4n) is 3.13. The average Bonchev–Trinajstić information content (AvgIpc) is 2.76. The Morgan fingerprint density at radius 3 is 2.03 bits per heavy atom. The Kier molecular flexibility index (Phi) is 7.18. The highest BCUT2D eigenvalue weighted by Crippen LogP contribution is 2.20. The molecule has 7 nitrogen and oxygen atoms in total. The number of hydrogen-bond donors (Lipinski definition) is 1. The lowest BCUT2D eigenvalue weighted by Gasteiger charge is -2.35. The van der Waals surface area contributed by atoms with Gasteiger partial charge in [-0.1, -0.05) is 23.2 Å². The standard InChI is InChI=1S/C21H21Cl2N3O4/c1-30-18-4-2-14(3-5-18)20(28)24-13-19(27)25-6-8-26(9-7-25)21(29)15-10-16(22)12-17(23)11-15/h2-5,10-12H,6-9,13H2,1H3,(H,24,28). The monoisotopic (exact) mass is 449 g/mol. The highest BCUT2D eigenvalue weighted by atomic mass is 35.5. The van der Waals surface area contributed by atoms with E-state index in [-0.39, 0.29) is 24.3 Å². The minimum Gasteiger partial charge on any atom is -0.497 e. The number of methoxy groups -OCH3 is 1. The Hall–Kier alpha value is -2.77. The molecule has 9 heteroatoms. The lowest BCUT2D eigenvalue weighted by Crippen LogP contribution is -2.52. The summed E-state index contributed by atoms with van der Waals surface area (Å²) in [6.07, 6.45) is 0. The van der Waals surface area contributed by atoms with Gasteiger partial charge < -0.3 is 19.9 Å². The molecule has 2 aromatic carbocycles. The van der Waals surface area contributed by atoms with Crippen molar-refractivity contribution < 1.29 is 19.1 Å². The third kappa shape index (κ3) is 5.43. The Bertz CT molecular complexity index is 922. The first-order valence-electron chi connectivity index (χ1n) is 9.33. The van der Waals surface area contributed by atoms with Crippen LogP contribution in [0.25, 0.3) is 0 Å². The minimum atomic E-state index is -0.336. The molecule has 0 bridgehead atoms. The van der Waals surface area contributed by atoms with Crippen LogP contribution in [0.4, 0.5) is 0 Å². The van der Waals surface area contributed by atoms with Gasteiger partial charge in [-0.05, 0) is 42.5 Å². The molecular weight excluding hydrogens is 429 g/mol. The molecule has 2 aromatic rings. The Balaban J connectivity index is 1.48. The van der Waals surface area contributed by atoms with Crippen LogP contribution < -0.4 is 10.1 Å². The van der Waals surface area contributed by atoms with Crippen LogP contribution in [-0.2, 0) is 4.79 Å². The number of rotatable bonds is 5. The SMILES string of the molecule is COc1ccc(C(=O)NCC(=O)N2CCN(C(=O)c3cc(Cl)cc(Cl)c3)CC2)cc1. The van der Waals surface area contributed by atoms with Gasteiger partial charge >= 0.3 is 0 Å². The van der Waals surface area contributed by atoms with Crippen LogP contribution in [0.1, 0.15) is 20.7 Å². The van der Waals surface area contributed by atoms with Crippen LogP contribution in [-0.4, -0.2) is 67.4 Å². The molecule has 3 rings (SSSR count). The van der Waals surface area contributed by atoms with E-state index >= 15 is 0 Å². The maximum absolute atomic E-state index is 12.6. The summed E-state index contributed by atoms with van der Waals surface area (Å²) in [5, 5.41) is 3.42. The zero-order chi connectivity index (χ0) is 21.7. The van der Waals surface area contributed by atoms with E-state index in [2.05, 4.69) is 5.32 Å². The Morgan fingerprint density at radius 1 is 0.900 bits per heavy atom. The van der Waals surface area contributed by atoms with E-state index in [1.165, 1.54) is 0 Å². The van der Waals surface area contributed by atoms with Crippen LogP contribution in [0.5, 0.6) is 5.75 Å². The number of carbonyl (C=O) groups is 3. The smallest absolute Gasteiger partial charge is 0.254 e. The molecule has 0 aromatic heterocycles. The number of benzene rings is 2. The van der Waals surface area contributed by atoms with Gasteiger partial charge in [-0.25, -0.2) is 0 Å². The van der Waals surface area contributed by atoms with Crippen molar-refractivity contribution in [2.24, 2.45) is 0 Å². The summed E-state index contributed by atoms with van der Waals surface area (Å²) >= 11 is 11.9. The second-order valence-corrected chi connectivity index (χ2v) is 7.62. The molecule has 0 atom stereocenters. The first-order chi connectivity index (χ1) is 14.4. The van der Waals surface area contributed by atoms with Gasteiger partial charge in [0.05, 0.1) is 13.7 Å². The number of halogens is 2. The van der Waals surface area contributed by atoms with Crippen LogP contribution in [0.3, 0.4) is 0 Å². The van der Waals surface area contributed by atoms with Crippen molar-refractivity contribution in [1.29, 1.82) is 0 Å². The van der Waals surface area contributed by atoms with Crippen molar-refractivity contribution in [3.05, 3.63) is 63.6 Å². The van der Waals surface area contributed by atoms with Gasteiger partial charge in [0.15, 0.2) is 0 Å². The largest absolute Gasteiger partial charge is 0.497 e. The molecule has 0 saturated carbocycles. The third-order valence-corrected chi connectivity index (χ3v) is 5.22. The van der Waals surface area contributed by atoms with E-state index in [1.807, 2.05) is 0 Å². The zero-order valence-corrected chi connectivity index (χ0v) is 17.9. The van der Waals surface area contributed by atoms with Gasteiger partial charge in [0.1, 0.15) is 5.75 Å². The third-order valence-electron chi connectivity index (χ3n) is 4.78. The van der Waals surface area contributed by atoms with E-state index in [0.717, 1.165) is 0 Å². The fourth-order valence-corrected chi connectivity index (χ4v) is 3.66. The molecule has 1 aliphatic rings. The molecular formula is C21H21Cl2N3O4. The van der Waals surface area contributed by atoms with E-state index in [4.69, 9.17) is 27.9 Å². The van der Waals surface area contributed by atoms with E-state index in [0.29, 0.717) is 53.1 Å². The molecule has 1 aliphatic heterocycles. The van der Waals surface area contributed by atoms with Gasteiger partial charge in [0, 0.05) is 47.4 Å². The number of nitrogens with zero attached hydrogens (tertiary/aromatic N) is 2. The van der Waals surface area contributed by atoms with Crippen LogP contribution in [0, 0.1) is 0 Å². The summed E-state index contributed by atoms with van der Waals surface area (Å²) in [5.41, 5.74) is 0.859. The number of nitrogens with one attached hydrogen (secondary N) is 1. The first kappa shape index (κ1) is 21.9. The quantitative estimate of drug-likeness (QED) is 0.760. The van der Waals surface area contributed by atoms with Crippen molar-refractivity contribution in [2.75, 3.05) is 39.8 Å². The summed E-state index contributed by atoms with van der Waals surface area (Å²) < 4.78 is 5.06. The topological polar surface area (TPSA) is 79.0 Å². The zero-order valence-electron chi connectivity index (χ0n) is 16.4. The molecule has 158 valence electrons. The predicted molar refractivity (Wildman–Crippen MR) is 114 cm³/mol. The van der Waals surface area contributed by atoms with Crippen molar-refractivity contribution in [3.63, 3.8) is 0 Å². The number of carbonyl (C=O) groups excluding carboxylic acids is 3. The van der Waals surface area contributed by atoms with E-state index in [1.54, 1.807) is 59.4 Å². The maximum atomic E-state index is 12.6. The van der Waals surface area contributed by atoms with Gasteiger partial charge in [-0.15, -0.1) is 0 Å². The normalized spacial score (nSPS) is 13.7. The van der Waals surface area contributed by atoms with Crippen molar-refractivity contribution >= 4 is 40.9 Å². The summed E-state index contributed by atoms with van der Waals surface area (Å²) in [6, 6.07) is 11.3. The van der Waals surface area contributed by atoms with Gasteiger partial charge in [-0.3, -0.25) is 14.4 Å². The van der Waals surface area contributed by atoms with Crippen molar-refractivity contribution in [2.45, 2.75) is 0 Å². The maximum Gasteiger partial charge on any atom is 0.254 e. The lowest BCUT2D eigenvalue weighted by molar-refractivity contribution is -0.131. The first-order valence-corrected chi connectivity index (χ1v) is 10.1. The molecule has 1 fully saturated rings. The van der Waals surface area contributed by atoms with E-state index < -0.39 is 0 Å². The highest BCUT2D eigenvalue weighted by Gasteiger charge is 2.25. The van der Waals surface area contributed by atoms with Crippen LogP contribution >= 0.6 is 23.2 Å². The molecule has 1 heterocycles. The number of ether oxygens (including phenoxy) is 1. The molecule has 30 heavy (non-hydrogen) atoms. The molecule has 1 saturated heterocycles. The van der Waals surface area contributed by atoms with Gasteiger partial charge in [0.25, 0.3) is 11.8 Å². The lowest BCUT2D eigenvalue weighted by atomic mass is 10.1. The molecule has 3 amide bonds. The van der Waals surface area contributed by atoms with Crippen molar-refractivity contribution in [3.8, 4) is 5.75 Å². The van der Waals surface area contributed by atoms with Crippen LogP contribution in [0.2, 0.25) is 10.0 Å². The summed E-state index contributed by atoms with van der Waals surface area (Å²) in [7, 11) is 1.55. The summed E-state index contributed by atoms with van der Waals surface area (Å²) in [4.78, 5) is 40.5. The molecule has 0 radical (unpaired) electrons. The second-order valence-electron chi connectivity index (χ2n) is 6.74.